The molecule has 4 nitrogen and oxygen atoms in total. The second-order valence-corrected chi connectivity index (χ2v) is 5.65. The summed E-state index contributed by atoms with van der Waals surface area (Å²) in [7, 11) is 0. The van der Waals surface area contributed by atoms with E-state index in [1.165, 1.54) is 0 Å². The number of hydrogen-bond donors (Lipinski definition) is 2. The molecule has 0 aliphatic carbocycles. The van der Waals surface area contributed by atoms with Gasteiger partial charge in [0.25, 0.3) is 0 Å². The van der Waals surface area contributed by atoms with Crippen LogP contribution in [0.15, 0.2) is 6.07 Å². The fourth-order valence-corrected chi connectivity index (χ4v) is 2.64. The van der Waals surface area contributed by atoms with Crippen molar-refractivity contribution in [3.05, 3.63) is 33.3 Å². The molecular weight excluding hydrogens is 292 g/mol. The molecule has 1 aliphatic heterocycles. The quantitative estimate of drug-likeness (QED) is 0.581. The first kappa shape index (κ1) is 13.9. The summed E-state index contributed by atoms with van der Waals surface area (Å²) < 4.78 is 11.8. The standard InChI is InChI=1S/C16H15ClO4/c1-6-7(2)14-11(5-10(6)17)20-15-8(3)12(18)13(19)9(4)16(15)21-14/h5,18-19H,1-4H3. The molecule has 2 N–H and O–H groups in total. The molecule has 0 radical (unpaired) electrons. The van der Waals surface area contributed by atoms with E-state index in [0.717, 1.165) is 11.1 Å². The van der Waals surface area contributed by atoms with E-state index in [9.17, 15) is 10.2 Å². The first-order valence-electron chi connectivity index (χ1n) is 6.53. The van der Waals surface area contributed by atoms with Crippen LogP contribution in [0.1, 0.15) is 22.3 Å². The Kier molecular flexibility index (Phi) is 2.95. The molecule has 0 amide bonds. The monoisotopic (exact) mass is 306 g/mol. The number of ether oxygens (including phenoxy) is 2. The van der Waals surface area contributed by atoms with Crippen LogP contribution < -0.4 is 9.47 Å². The molecule has 0 saturated heterocycles. The summed E-state index contributed by atoms with van der Waals surface area (Å²) in [5.74, 6) is 1.50. The average molecular weight is 307 g/mol. The molecule has 0 fully saturated rings. The molecule has 0 aromatic heterocycles. The van der Waals surface area contributed by atoms with Crippen molar-refractivity contribution in [3.63, 3.8) is 0 Å². The van der Waals surface area contributed by atoms with Crippen molar-refractivity contribution < 1.29 is 19.7 Å². The van der Waals surface area contributed by atoms with Crippen molar-refractivity contribution >= 4 is 11.6 Å². The van der Waals surface area contributed by atoms with Gasteiger partial charge >= 0.3 is 0 Å². The van der Waals surface area contributed by atoms with Crippen molar-refractivity contribution in [3.8, 4) is 34.5 Å². The summed E-state index contributed by atoms with van der Waals surface area (Å²) >= 11 is 6.18. The molecule has 0 saturated carbocycles. The molecule has 1 heterocycles. The molecule has 0 atom stereocenters. The van der Waals surface area contributed by atoms with E-state index >= 15 is 0 Å². The highest BCUT2D eigenvalue weighted by Gasteiger charge is 2.29. The number of phenolic OH excluding ortho intramolecular Hbond substituents is 2. The molecule has 21 heavy (non-hydrogen) atoms. The second-order valence-electron chi connectivity index (χ2n) is 5.25. The van der Waals surface area contributed by atoms with E-state index in [-0.39, 0.29) is 11.5 Å². The molecule has 3 rings (SSSR count). The van der Waals surface area contributed by atoms with Gasteiger partial charge in [-0.25, -0.2) is 0 Å². The predicted molar refractivity (Wildman–Crippen MR) is 80.3 cm³/mol. The van der Waals surface area contributed by atoms with Crippen LogP contribution in [-0.2, 0) is 0 Å². The van der Waals surface area contributed by atoms with Gasteiger partial charge in [-0.3, -0.25) is 0 Å². The third-order valence-corrected chi connectivity index (χ3v) is 4.37. The van der Waals surface area contributed by atoms with Crippen molar-refractivity contribution in [2.75, 3.05) is 0 Å². The van der Waals surface area contributed by atoms with Crippen molar-refractivity contribution in [1.82, 2.24) is 0 Å². The number of fused-ring (bicyclic) bond motifs is 2. The zero-order valence-electron chi connectivity index (χ0n) is 12.2. The molecule has 0 bridgehead atoms. The highest BCUT2D eigenvalue weighted by Crippen LogP contribution is 2.55. The fraction of sp³-hybridized carbons (Fsp3) is 0.250. The summed E-state index contributed by atoms with van der Waals surface area (Å²) in [6, 6.07) is 1.70. The van der Waals surface area contributed by atoms with Gasteiger partial charge in [0.15, 0.2) is 34.5 Å². The van der Waals surface area contributed by atoms with Crippen molar-refractivity contribution in [2.45, 2.75) is 27.7 Å². The largest absolute Gasteiger partial charge is 0.504 e. The van der Waals surface area contributed by atoms with Gasteiger partial charge in [-0.15, -0.1) is 0 Å². The molecule has 1 aliphatic rings. The Morgan fingerprint density at radius 2 is 1.29 bits per heavy atom. The fourth-order valence-electron chi connectivity index (χ4n) is 2.39. The lowest BCUT2D eigenvalue weighted by atomic mass is 10.0. The van der Waals surface area contributed by atoms with E-state index in [4.69, 9.17) is 21.1 Å². The Balaban J connectivity index is 2.27. The molecule has 0 unspecified atom stereocenters. The summed E-state index contributed by atoms with van der Waals surface area (Å²) in [5, 5.41) is 20.5. The van der Waals surface area contributed by atoms with Crippen LogP contribution in [0.3, 0.4) is 0 Å². The minimum Gasteiger partial charge on any atom is -0.504 e. The zero-order valence-corrected chi connectivity index (χ0v) is 12.9. The molecule has 2 aromatic carbocycles. The van der Waals surface area contributed by atoms with E-state index in [1.807, 2.05) is 13.8 Å². The molecule has 0 spiro atoms. The Morgan fingerprint density at radius 3 is 1.86 bits per heavy atom. The lowest BCUT2D eigenvalue weighted by Crippen LogP contribution is -2.05. The summed E-state index contributed by atoms with van der Waals surface area (Å²) in [6.45, 7) is 7.13. The van der Waals surface area contributed by atoms with Crippen LogP contribution in [0, 0.1) is 27.7 Å². The minimum atomic E-state index is -0.201. The van der Waals surface area contributed by atoms with Gasteiger partial charge in [-0.2, -0.15) is 0 Å². The van der Waals surface area contributed by atoms with Crippen LogP contribution in [0.2, 0.25) is 5.02 Å². The van der Waals surface area contributed by atoms with E-state index in [0.29, 0.717) is 39.1 Å². The van der Waals surface area contributed by atoms with Crippen LogP contribution in [0.4, 0.5) is 0 Å². The number of phenols is 2. The van der Waals surface area contributed by atoms with Crippen LogP contribution in [-0.4, -0.2) is 10.2 Å². The smallest absolute Gasteiger partial charge is 0.177 e. The van der Waals surface area contributed by atoms with E-state index in [2.05, 4.69) is 0 Å². The second kappa shape index (κ2) is 4.46. The van der Waals surface area contributed by atoms with E-state index in [1.54, 1.807) is 19.9 Å². The van der Waals surface area contributed by atoms with Crippen LogP contribution >= 0.6 is 11.6 Å². The lowest BCUT2D eigenvalue weighted by molar-refractivity contribution is 0.337. The Hall–Kier alpha value is -2.07. The summed E-state index contributed by atoms with van der Waals surface area (Å²) in [6.07, 6.45) is 0. The van der Waals surface area contributed by atoms with Gasteiger partial charge in [0.1, 0.15) is 0 Å². The lowest BCUT2D eigenvalue weighted by Gasteiger charge is -2.26. The first-order valence-corrected chi connectivity index (χ1v) is 6.91. The molecular formula is C16H15ClO4. The third-order valence-electron chi connectivity index (χ3n) is 3.98. The van der Waals surface area contributed by atoms with Crippen molar-refractivity contribution in [2.24, 2.45) is 0 Å². The van der Waals surface area contributed by atoms with E-state index < -0.39 is 0 Å². The molecule has 2 aromatic rings. The number of aromatic hydroxyl groups is 2. The topological polar surface area (TPSA) is 58.9 Å². The van der Waals surface area contributed by atoms with Gasteiger partial charge < -0.3 is 19.7 Å². The number of hydrogen-bond acceptors (Lipinski definition) is 4. The SMILES string of the molecule is Cc1c(Cl)cc2c(c1C)Oc1c(C)c(O)c(O)c(C)c1O2. The molecule has 110 valence electrons. The van der Waals surface area contributed by atoms with Crippen LogP contribution in [0.5, 0.6) is 34.5 Å². The van der Waals surface area contributed by atoms with Gasteiger partial charge in [0.2, 0.25) is 0 Å². The average Bonchev–Trinajstić information content (AvgIpc) is 2.47. The highest BCUT2D eigenvalue weighted by atomic mass is 35.5. The number of rotatable bonds is 0. The minimum absolute atomic E-state index is 0.193. The normalized spacial score (nSPS) is 12.2. The number of benzene rings is 2. The first-order chi connectivity index (χ1) is 9.82. The number of halogens is 1. The maximum Gasteiger partial charge on any atom is 0.177 e. The highest BCUT2D eigenvalue weighted by molar-refractivity contribution is 6.31. The van der Waals surface area contributed by atoms with Crippen LogP contribution in [0.25, 0.3) is 0 Å². The predicted octanol–water partition coefficient (Wildman–Crippen LogP) is 4.88. The Morgan fingerprint density at radius 1 is 0.762 bits per heavy atom. The zero-order chi connectivity index (χ0) is 15.5. The maximum absolute atomic E-state index is 9.95. The maximum atomic E-state index is 9.95. The third kappa shape index (κ3) is 1.83. The summed E-state index contributed by atoms with van der Waals surface area (Å²) in [4.78, 5) is 0. The Labute approximate surface area is 127 Å². The Bertz CT molecular complexity index is 781. The molecule has 5 heteroatoms. The summed E-state index contributed by atoms with van der Waals surface area (Å²) in [5.41, 5.74) is 2.66. The van der Waals surface area contributed by atoms with Gasteiger partial charge in [-0.1, -0.05) is 11.6 Å². The van der Waals surface area contributed by atoms with Gasteiger partial charge in [-0.05, 0) is 38.8 Å². The van der Waals surface area contributed by atoms with Gasteiger partial charge in [0.05, 0.1) is 0 Å². The van der Waals surface area contributed by atoms with Gasteiger partial charge in [0, 0.05) is 22.2 Å². The van der Waals surface area contributed by atoms with Crippen molar-refractivity contribution in [1.29, 1.82) is 0 Å².